The van der Waals surface area contributed by atoms with Gasteiger partial charge in [0.25, 0.3) is 0 Å². The lowest BCUT2D eigenvalue weighted by Crippen LogP contribution is -2.03. The van der Waals surface area contributed by atoms with Crippen molar-refractivity contribution < 1.29 is 0 Å². The third kappa shape index (κ3) is 1.12. The smallest absolute Gasteiger partial charge is 0.0140 e. The van der Waals surface area contributed by atoms with Gasteiger partial charge in [0.1, 0.15) is 0 Å². The van der Waals surface area contributed by atoms with Gasteiger partial charge in [-0.2, -0.15) is 0 Å². The Balaban J connectivity index is 2.00. The summed E-state index contributed by atoms with van der Waals surface area (Å²) in [6.45, 7) is 0. The zero-order chi connectivity index (χ0) is 7.03. The summed E-state index contributed by atoms with van der Waals surface area (Å²) in [5, 5.41) is 0. The van der Waals surface area contributed by atoms with Gasteiger partial charge in [0.05, 0.1) is 0 Å². The lowest BCUT2D eigenvalue weighted by Gasteiger charge is -2.19. The van der Waals surface area contributed by atoms with Crippen molar-refractivity contribution in [2.75, 3.05) is 6.26 Å². The third-order valence-corrected chi connectivity index (χ3v) is 3.78. The monoisotopic (exact) mass is 154 g/mol. The van der Waals surface area contributed by atoms with Crippen LogP contribution in [0.4, 0.5) is 0 Å². The highest BCUT2D eigenvalue weighted by atomic mass is 32.2. The van der Waals surface area contributed by atoms with Crippen molar-refractivity contribution in [1.29, 1.82) is 0 Å². The molecule has 2 aliphatic rings. The van der Waals surface area contributed by atoms with Crippen molar-refractivity contribution >= 4 is 11.8 Å². The Hall–Kier alpha value is 0.0900. The van der Waals surface area contributed by atoms with E-state index in [0.29, 0.717) is 0 Å². The third-order valence-electron chi connectivity index (χ3n) is 2.88. The minimum atomic E-state index is 0.819. The fourth-order valence-corrected chi connectivity index (χ4v) is 2.30. The first-order valence-corrected chi connectivity index (χ1v) is 5.30. The largest absolute Gasteiger partial charge is 0.134 e. The van der Waals surface area contributed by atoms with Gasteiger partial charge in [0.2, 0.25) is 0 Å². The van der Waals surface area contributed by atoms with Crippen molar-refractivity contribution in [3.05, 3.63) is 11.0 Å². The van der Waals surface area contributed by atoms with E-state index in [9.17, 15) is 0 Å². The van der Waals surface area contributed by atoms with Crippen LogP contribution in [0.25, 0.3) is 0 Å². The van der Waals surface area contributed by atoms with Crippen molar-refractivity contribution in [3.63, 3.8) is 0 Å². The quantitative estimate of drug-likeness (QED) is 0.559. The van der Waals surface area contributed by atoms with Gasteiger partial charge >= 0.3 is 0 Å². The summed E-state index contributed by atoms with van der Waals surface area (Å²) in [6, 6.07) is 0. The number of rotatable bonds is 1. The van der Waals surface area contributed by atoms with Gasteiger partial charge in [-0.1, -0.05) is 6.08 Å². The summed E-state index contributed by atoms with van der Waals surface area (Å²) in [4.78, 5) is 1.62. The molecule has 0 aromatic rings. The molecule has 0 bridgehead atoms. The topological polar surface area (TPSA) is 0 Å². The molecular formula is C9H14S. The average molecular weight is 154 g/mol. The summed E-state index contributed by atoms with van der Waals surface area (Å²) in [5.41, 5.74) is 0.819. The molecule has 10 heavy (non-hydrogen) atoms. The summed E-state index contributed by atoms with van der Waals surface area (Å²) in [5.74, 6) is 0. The minimum absolute atomic E-state index is 0.819. The Morgan fingerprint density at radius 3 is 2.60 bits per heavy atom. The predicted molar refractivity (Wildman–Crippen MR) is 47.1 cm³/mol. The van der Waals surface area contributed by atoms with E-state index in [2.05, 4.69) is 12.3 Å². The van der Waals surface area contributed by atoms with E-state index in [1.807, 2.05) is 11.8 Å². The maximum atomic E-state index is 2.46. The molecule has 0 atom stereocenters. The normalized spacial score (nSPS) is 28.3. The van der Waals surface area contributed by atoms with Crippen LogP contribution in [-0.2, 0) is 0 Å². The summed E-state index contributed by atoms with van der Waals surface area (Å²) in [7, 11) is 0. The first kappa shape index (κ1) is 6.78. The van der Waals surface area contributed by atoms with Gasteiger partial charge in [-0.05, 0) is 48.7 Å². The molecule has 0 nitrogen and oxygen atoms in total. The Labute approximate surface area is 67.1 Å². The summed E-state index contributed by atoms with van der Waals surface area (Å²) < 4.78 is 0. The first-order chi connectivity index (χ1) is 4.85. The fraction of sp³-hybridized carbons (Fsp3) is 0.778. The molecule has 56 valence electrons. The van der Waals surface area contributed by atoms with E-state index in [4.69, 9.17) is 0 Å². The molecule has 0 amide bonds. The van der Waals surface area contributed by atoms with E-state index in [1.165, 1.54) is 32.1 Å². The SMILES string of the molecule is CSC1=CCC2(CC1)CC2. The van der Waals surface area contributed by atoms with Crippen molar-refractivity contribution in [2.45, 2.75) is 32.1 Å². The minimum Gasteiger partial charge on any atom is -0.134 e. The second-order valence-corrected chi connectivity index (χ2v) is 4.51. The highest BCUT2D eigenvalue weighted by molar-refractivity contribution is 8.02. The van der Waals surface area contributed by atoms with E-state index in [1.54, 1.807) is 4.91 Å². The molecule has 0 radical (unpaired) electrons. The number of allylic oxidation sites excluding steroid dienone is 2. The molecular weight excluding hydrogens is 140 g/mol. The van der Waals surface area contributed by atoms with Crippen LogP contribution >= 0.6 is 11.8 Å². The van der Waals surface area contributed by atoms with Gasteiger partial charge < -0.3 is 0 Å². The molecule has 0 unspecified atom stereocenters. The van der Waals surface area contributed by atoms with Crippen LogP contribution < -0.4 is 0 Å². The van der Waals surface area contributed by atoms with Gasteiger partial charge in [-0.3, -0.25) is 0 Å². The molecule has 1 fully saturated rings. The van der Waals surface area contributed by atoms with Crippen LogP contribution in [0.3, 0.4) is 0 Å². The zero-order valence-electron chi connectivity index (χ0n) is 6.52. The molecule has 0 aliphatic heterocycles. The van der Waals surface area contributed by atoms with E-state index < -0.39 is 0 Å². The molecule has 1 heteroatoms. The molecule has 2 aliphatic carbocycles. The number of thioether (sulfide) groups is 1. The van der Waals surface area contributed by atoms with E-state index >= 15 is 0 Å². The van der Waals surface area contributed by atoms with Crippen LogP contribution in [0, 0.1) is 5.41 Å². The van der Waals surface area contributed by atoms with Crippen LogP contribution in [0.15, 0.2) is 11.0 Å². The molecule has 1 spiro atoms. The van der Waals surface area contributed by atoms with E-state index in [-0.39, 0.29) is 0 Å². The van der Waals surface area contributed by atoms with Crippen LogP contribution in [0.2, 0.25) is 0 Å². The Bertz CT molecular complexity index is 166. The van der Waals surface area contributed by atoms with Crippen LogP contribution in [-0.4, -0.2) is 6.26 Å². The van der Waals surface area contributed by atoms with Crippen LogP contribution in [0.5, 0.6) is 0 Å². The first-order valence-electron chi connectivity index (χ1n) is 4.08. The highest BCUT2D eigenvalue weighted by Gasteiger charge is 2.42. The zero-order valence-corrected chi connectivity index (χ0v) is 7.34. The second-order valence-electron chi connectivity index (χ2n) is 3.58. The maximum Gasteiger partial charge on any atom is -0.0140 e. The molecule has 0 aromatic heterocycles. The molecule has 0 saturated heterocycles. The molecule has 2 rings (SSSR count). The van der Waals surface area contributed by atoms with Gasteiger partial charge in [-0.15, -0.1) is 11.8 Å². The second kappa shape index (κ2) is 2.30. The van der Waals surface area contributed by atoms with Crippen molar-refractivity contribution in [3.8, 4) is 0 Å². The molecule has 0 heterocycles. The van der Waals surface area contributed by atoms with Crippen molar-refractivity contribution in [2.24, 2.45) is 5.41 Å². The molecule has 0 N–H and O–H groups in total. The maximum absolute atomic E-state index is 2.46. The Morgan fingerprint density at radius 1 is 1.40 bits per heavy atom. The number of hydrogen-bond donors (Lipinski definition) is 0. The van der Waals surface area contributed by atoms with Gasteiger partial charge in [0, 0.05) is 0 Å². The Kier molecular flexibility index (Phi) is 1.56. The van der Waals surface area contributed by atoms with Gasteiger partial charge in [0.15, 0.2) is 0 Å². The molecule has 0 aromatic carbocycles. The lowest BCUT2D eigenvalue weighted by molar-refractivity contribution is 0.457. The summed E-state index contributed by atoms with van der Waals surface area (Å²) in [6.07, 6.45) is 11.9. The van der Waals surface area contributed by atoms with E-state index in [0.717, 1.165) is 5.41 Å². The standard InChI is InChI=1S/C9H14S/c1-10-8-2-4-9(5-3-8)6-7-9/h2H,3-7H2,1H3. The average Bonchev–Trinajstić information content (AvgIpc) is 2.72. The van der Waals surface area contributed by atoms with Crippen molar-refractivity contribution in [1.82, 2.24) is 0 Å². The molecule has 1 saturated carbocycles. The highest BCUT2D eigenvalue weighted by Crippen LogP contribution is 2.56. The van der Waals surface area contributed by atoms with Gasteiger partial charge in [-0.25, -0.2) is 0 Å². The summed E-state index contributed by atoms with van der Waals surface area (Å²) >= 11 is 1.94. The Morgan fingerprint density at radius 2 is 2.20 bits per heavy atom. The number of hydrogen-bond acceptors (Lipinski definition) is 1. The fourth-order valence-electron chi connectivity index (χ4n) is 1.74. The van der Waals surface area contributed by atoms with Crippen LogP contribution in [0.1, 0.15) is 32.1 Å². The lowest BCUT2D eigenvalue weighted by atomic mass is 9.91. The predicted octanol–water partition coefficient (Wildman–Crippen LogP) is 3.20.